The third-order valence-electron chi connectivity index (χ3n) is 5.47. The summed E-state index contributed by atoms with van der Waals surface area (Å²) in [6, 6.07) is 4.09. The van der Waals surface area contributed by atoms with Crippen molar-refractivity contribution in [1.29, 1.82) is 0 Å². The summed E-state index contributed by atoms with van der Waals surface area (Å²) in [5, 5.41) is 3.48. The van der Waals surface area contributed by atoms with Crippen LogP contribution >= 0.6 is 0 Å². The molecule has 124 valence electrons. The van der Waals surface area contributed by atoms with Crippen LogP contribution in [0.25, 0.3) is 11.2 Å². The van der Waals surface area contributed by atoms with Gasteiger partial charge in [0.25, 0.3) is 0 Å². The van der Waals surface area contributed by atoms with Gasteiger partial charge in [-0.25, -0.2) is 9.97 Å². The Bertz CT molecular complexity index is 658. The SMILES string of the molecule is CCN1CCC(Cc2nc3cccnc3n2CC2CCNC2)C1. The Morgan fingerprint density at radius 2 is 2.26 bits per heavy atom. The predicted octanol–water partition coefficient (Wildman–Crippen LogP) is 1.93. The number of hydrogen-bond acceptors (Lipinski definition) is 4. The predicted molar refractivity (Wildman–Crippen MR) is 92.4 cm³/mol. The Balaban J connectivity index is 1.59. The number of nitrogens with one attached hydrogen (secondary N) is 1. The van der Waals surface area contributed by atoms with E-state index in [1.54, 1.807) is 0 Å². The van der Waals surface area contributed by atoms with Gasteiger partial charge in [0.2, 0.25) is 0 Å². The molecule has 4 heterocycles. The Kier molecular flexibility index (Phi) is 4.31. The van der Waals surface area contributed by atoms with Gasteiger partial charge in [0.15, 0.2) is 5.65 Å². The second-order valence-electron chi connectivity index (χ2n) is 7.10. The molecule has 0 spiro atoms. The van der Waals surface area contributed by atoms with Gasteiger partial charge in [-0.15, -0.1) is 0 Å². The van der Waals surface area contributed by atoms with E-state index in [9.17, 15) is 0 Å². The Hall–Kier alpha value is -1.46. The minimum absolute atomic E-state index is 0.712. The minimum atomic E-state index is 0.712. The molecule has 2 unspecified atom stereocenters. The molecular weight excluding hydrogens is 286 g/mol. The molecule has 5 nitrogen and oxygen atoms in total. The smallest absolute Gasteiger partial charge is 0.159 e. The van der Waals surface area contributed by atoms with E-state index in [-0.39, 0.29) is 0 Å². The largest absolute Gasteiger partial charge is 0.316 e. The van der Waals surface area contributed by atoms with Gasteiger partial charge in [-0.2, -0.15) is 0 Å². The zero-order valence-electron chi connectivity index (χ0n) is 14.0. The van der Waals surface area contributed by atoms with Crippen LogP contribution in [0.1, 0.15) is 25.6 Å². The zero-order valence-corrected chi connectivity index (χ0v) is 14.0. The van der Waals surface area contributed by atoms with Crippen LogP contribution in [0.4, 0.5) is 0 Å². The van der Waals surface area contributed by atoms with Gasteiger partial charge in [0.1, 0.15) is 11.3 Å². The second-order valence-corrected chi connectivity index (χ2v) is 7.10. The van der Waals surface area contributed by atoms with Crippen molar-refractivity contribution in [3.05, 3.63) is 24.2 Å². The first-order chi connectivity index (χ1) is 11.3. The fourth-order valence-corrected chi connectivity index (χ4v) is 4.11. The minimum Gasteiger partial charge on any atom is -0.316 e. The van der Waals surface area contributed by atoms with E-state index in [4.69, 9.17) is 4.98 Å². The molecule has 0 aromatic carbocycles. The molecule has 0 aliphatic carbocycles. The topological polar surface area (TPSA) is 46.0 Å². The molecule has 2 aliphatic rings. The molecule has 0 amide bonds. The molecule has 2 aliphatic heterocycles. The molecule has 4 rings (SSSR count). The van der Waals surface area contributed by atoms with Crippen LogP contribution in [-0.2, 0) is 13.0 Å². The number of likely N-dealkylation sites (tertiary alicyclic amines) is 1. The first-order valence-electron chi connectivity index (χ1n) is 9.06. The molecule has 1 N–H and O–H groups in total. The maximum Gasteiger partial charge on any atom is 0.159 e. The van der Waals surface area contributed by atoms with Gasteiger partial charge < -0.3 is 14.8 Å². The molecule has 23 heavy (non-hydrogen) atoms. The van der Waals surface area contributed by atoms with Crippen LogP contribution in [0.5, 0.6) is 0 Å². The van der Waals surface area contributed by atoms with Crippen molar-refractivity contribution >= 4 is 11.2 Å². The number of nitrogens with zero attached hydrogens (tertiary/aromatic N) is 4. The van der Waals surface area contributed by atoms with Crippen LogP contribution in [0.2, 0.25) is 0 Å². The summed E-state index contributed by atoms with van der Waals surface area (Å²) in [7, 11) is 0. The number of pyridine rings is 1. The molecule has 2 atom stereocenters. The van der Waals surface area contributed by atoms with Crippen molar-refractivity contribution in [2.75, 3.05) is 32.7 Å². The van der Waals surface area contributed by atoms with Gasteiger partial charge in [0, 0.05) is 25.7 Å². The first kappa shape index (κ1) is 15.1. The summed E-state index contributed by atoms with van der Waals surface area (Å²) >= 11 is 0. The third-order valence-corrected chi connectivity index (χ3v) is 5.47. The molecule has 2 fully saturated rings. The molecule has 0 bridgehead atoms. The lowest BCUT2D eigenvalue weighted by molar-refractivity contribution is 0.339. The fourth-order valence-electron chi connectivity index (χ4n) is 4.11. The Labute approximate surface area is 138 Å². The fraction of sp³-hybridized carbons (Fsp3) is 0.667. The van der Waals surface area contributed by atoms with E-state index in [1.165, 1.54) is 38.3 Å². The number of imidazole rings is 1. The summed E-state index contributed by atoms with van der Waals surface area (Å²) in [5.41, 5.74) is 2.12. The number of rotatable bonds is 5. The van der Waals surface area contributed by atoms with Crippen molar-refractivity contribution in [2.45, 2.75) is 32.7 Å². The van der Waals surface area contributed by atoms with E-state index >= 15 is 0 Å². The maximum atomic E-state index is 4.93. The Morgan fingerprint density at radius 3 is 3.04 bits per heavy atom. The van der Waals surface area contributed by atoms with E-state index in [2.05, 4.69) is 32.8 Å². The molecule has 2 saturated heterocycles. The molecule has 2 aromatic rings. The lowest BCUT2D eigenvalue weighted by Gasteiger charge is -2.16. The Morgan fingerprint density at radius 1 is 1.30 bits per heavy atom. The van der Waals surface area contributed by atoms with Crippen LogP contribution in [0, 0.1) is 11.8 Å². The monoisotopic (exact) mass is 313 g/mol. The van der Waals surface area contributed by atoms with E-state index in [1.807, 2.05) is 12.3 Å². The normalized spacial score (nSPS) is 25.6. The van der Waals surface area contributed by atoms with Gasteiger partial charge in [0.05, 0.1) is 0 Å². The summed E-state index contributed by atoms with van der Waals surface area (Å²) in [5.74, 6) is 2.70. The van der Waals surface area contributed by atoms with Crippen molar-refractivity contribution in [1.82, 2.24) is 24.8 Å². The third kappa shape index (κ3) is 3.12. The van der Waals surface area contributed by atoms with Crippen LogP contribution in [-0.4, -0.2) is 52.2 Å². The molecular formula is C18H27N5. The highest BCUT2D eigenvalue weighted by atomic mass is 15.2. The van der Waals surface area contributed by atoms with Crippen LogP contribution in [0.15, 0.2) is 18.3 Å². The second kappa shape index (κ2) is 6.57. The zero-order chi connectivity index (χ0) is 15.6. The maximum absolute atomic E-state index is 4.93. The average molecular weight is 313 g/mol. The highest BCUT2D eigenvalue weighted by Crippen LogP contribution is 2.24. The number of fused-ring (bicyclic) bond motifs is 1. The van der Waals surface area contributed by atoms with Crippen molar-refractivity contribution in [3.8, 4) is 0 Å². The molecule has 0 saturated carbocycles. The lowest BCUT2D eigenvalue weighted by atomic mass is 10.0. The lowest BCUT2D eigenvalue weighted by Crippen LogP contribution is -2.21. The van der Waals surface area contributed by atoms with Crippen LogP contribution < -0.4 is 5.32 Å². The molecule has 0 radical (unpaired) electrons. The van der Waals surface area contributed by atoms with E-state index < -0.39 is 0 Å². The van der Waals surface area contributed by atoms with Gasteiger partial charge in [-0.1, -0.05) is 6.92 Å². The van der Waals surface area contributed by atoms with Crippen molar-refractivity contribution < 1.29 is 0 Å². The van der Waals surface area contributed by atoms with Gasteiger partial charge in [-0.05, 0) is 63.0 Å². The summed E-state index contributed by atoms with van der Waals surface area (Å²) in [4.78, 5) is 12.1. The van der Waals surface area contributed by atoms with Crippen molar-refractivity contribution in [2.24, 2.45) is 11.8 Å². The van der Waals surface area contributed by atoms with Gasteiger partial charge >= 0.3 is 0 Å². The summed E-state index contributed by atoms with van der Waals surface area (Å²) < 4.78 is 2.40. The highest BCUT2D eigenvalue weighted by Gasteiger charge is 2.25. The standard InChI is InChI=1S/C18H27N5/c1-2-22-9-6-14(12-22)10-17-21-16-4-3-7-20-18(16)23(17)13-15-5-8-19-11-15/h3-4,7,14-15,19H,2,5-6,8-13H2,1H3. The highest BCUT2D eigenvalue weighted by molar-refractivity contribution is 5.71. The number of hydrogen-bond donors (Lipinski definition) is 1. The summed E-state index contributed by atoms with van der Waals surface area (Å²) in [6.45, 7) is 9.22. The van der Waals surface area contributed by atoms with Gasteiger partial charge in [-0.3, -0.25) is 0 Å². The van der Waals surface area contributed by atoms with E-state index in [0.717, 1.165) is 43.1 Å². The number of aromatic nitrogens is 3. The quantitative estimate of drug-likeness (QED) is 0.916. The van der Waals surface area contributed by atoms with Crippen LogP contribution in [0.3, 0.4) is 0 Å². The summed E-state index contributed by atoms with van der Waals surface area (Å²) in [6.07, 6.45) is 5.55. The van der Waals surface area contributed by atoms with E-state index in [0.29, 0.717) is 5.92 Å². The van der Waals surface area contributed by atoms with Crippen molar-refractivity contribution in [3.63, 3.8) is 0 Å². The molecule has 2 aromatic heterocycles. The molecule has 5 heteroatoms. The average Bonchev–Trinajstić information content (AvgIpc) is 3.30. The first-order valence-corrected chi connectivity index (χ1v) is 9.06.